The van der Waals surface area contributed by atoms with Crippen molar-refractivity contribution in [3.05, 3.63) is 507 Å². The van der Waals surface area contributed by atoms with Crippen LogP contribution in [0.2, 0.25) is 0 Å². The molecule has 0 saturated heterocycles. The van der Waals surface area contributed by atoms with Gasteiger partial charge in [-0.05, 0) is 241 Å². The van der Waals surface area contributed by atoms with Gasteiger partial charge in [0.15, 0.2) is 0 Å². The van der Waals surface area contributed by atoms with Crippen LogP contribution in [0.15, 0.2) is 486 Å². The highest BCUT2D eigenvalue weighted by Crippen LogP contribution is 2.40. The third kappa shape index (κ3) is 22.2. The molecule has 3 heteroatoms. The second-order valence-corrected chi connectivity index (χ2v) is 32.8. The fourth-order valence-electron chi connectivity index (χ4n) is 18.6. The molecule has 690 valence electrons. The molecule has 27 rings (SSSR count). The maximum absolute atomic E-state index is 5.86. The summed E-state index contributed by atoms with van der Waals surface area (Å²) in [6.07, 6.45) is 0. The van der Waals surface area contributed by atoms with E-state index in [2.05, 4.69) is 478 Å². The monoisotopic (exact) mass is 1810 g/mol. The van der Waals surface area contributed by atoms with Crippen LogP contribution in [-0.2, 0) is 0 Å². The smallest absolute Gasteiger partial charge is 0.136 e. The molecular weight excluding hydrogens is 1680 g/mol. The molecule has 0 amide bonds. The summed E-state index contributed by atoms with van der Waals surface area (Å²) < 4.78 is 17.6. The molecule has 0 aliphatic heterocycles. The average Bonchev–Trinajstić information content (AvgIpc) is 1.54. The van der Waals surface area contributed by atoms with Crippen molar-refractivity contribution >= 4 is 195 Å². The molecule has 0 bridgehead atoms. The van der Waals surface area contributed by atoms with Crippen LogP contribution in [0.25, 0.3) is 195 Å². The average molecular weight is 1810 g/mol. The van der Waals surface area contributed by atoms with Crippen LogP contribution in [0.4, 0.5) is 0 Å². The first-order valence-corrected chi connectivity index (χ1v) is 48.3. The molecule has 0 N–H and O–H groups in total. The number of rotatable bonds is 0. The summed E-state index contributed by atoms with van der Waals surface area (Å²) in [7, 11) is 0. The van der Waals surface area contributed by atoms with Crippen LogP contribution >= 0.6 is 0 Å². The van der Waals surface area contributed by atoms with Crippen molar-refractivity contribution in [2.45, 2.75) is 112 Å². The van der Waals surface area contributed by atoms with Gasteiger partial charge in [-0.2, -0.15) is 0 Å². The molecule has 27 aromatic rings. The molecule has 0 atom stereocenters. The van der Waals surface area contributed by atoms with E-state index in [9.17, 15) is 0 Å². The minimum absolute atomic E-state index is 0. The summed E-state index contributed by atoms with van der Waals surface area (Å²) in [5.74, 6) is 0. The van der Waals surface area contributed by atoms with Crippen LogP contribution in [0.1, 0.15) is 104 Å². The first kappa shape index (κ1) is 100. The summed E-state index contributed by atoms with van der Waals surface area (Å²) in [5.41, 5.74) is 14.1. The highest BCUT2D eigenvalue weighted by Gasteiger charge is 2.15. The van der Waals surface area contributed by atoms with Crippen molar-refractivity contribution < 1.29 is 13.3 Å². The summed E-state index contributed by atoms with van der Waals surface area (Å²) in [6.45, 7) is 29.3. The zero-order chi connectivity index (χ0) is 95.5. The van der Waals surface area contributed by atoms with Gasteiger partial charge in [-0.1, -0.05) is 507 Å². The van der Waals surface area contributed by atoms with Gasteiger partial charge in [0.2, 0.25) is 0 Å². The highest BCUT2D eigenvalue weighted by molar-refractivity contribution is 6.21. The Bertz CT molecular complexity index is 7370. The Hall–Kier alpha value is -16.2. The van der Waals surface area contributed by atoms with Crippen molar-refractivity contribution in [1.82, 2.24) is 0 Å². The quantitative estimate of drug-likeness (QED) is 0.142. The van der Waals surface area contributed by atoms with Crippen molar-refractivity contribution in [2.75, 3.05) is 0 Å². The molecule has 3 heterocycles. The van der Waals surface area contributed by atoms with Crippen molar-refractivity contribution in [3.8, 4) is 0 Å². The Morgan fingerprint density at radius 2 is 0.223 bits per heavy atom. The van der Waals surface area contributed by atoms with E-state index in [-0.39, 0.29) is 14.9 Å². The van der Waals surface area contributed by atoms with Gasteiger partial charge in [0, 0.05) is 32.3 Å². The van der Waals surface area contributed by atoms with Gasteiger partial charge in [0.25, 0.3) is 0 Å². The van der Waals surface area contributed by atoms with E-state index in [0.717, 1.165) is 33.5 Å². The number of fused-ring (bicyclic) bond motifs is 24. The number of benzene rings is 24. The van der Waals surface area contributed by atoms with Crippen LogP contribution in [-0.4, -0.2) is 0 Å². The second-order valence-electron chi connectivity index (χ2n) is 32.8. The number of furan rings is 3. The Morgan fingerprint density at radius 1 is 0.108 bits per heavy atom. The van der Waals surface area contributed by atoms with E-state index in [1.165, 1.54) is 195 Å². The van der Waals surface area contributed by atoms with Gasteiger partial charge < -0.3 is 13.3 Å². The summed E-state index contributed by atoms with van der Waals surface area (Å²) in [5, 5.41) is 39.1. The van der Waals surface area contributed by atoms with Gasteiger partial charge in [0.05, 0.1) is 0 Å². The molecule has 0 spiro atoms. The summed E-state index contributed by atoms with van der Waals surface area (Å²) in [6, 6.07) is 164. The van der Waals surface area contributed by atoms with E-state index in [1.54, 1.807) is 0 Å². The lowest BCUT2D eigenvalue weighted by Gasteiger charge is -2.11. The first-order valence-electron chi connectivity index (χ1n) is 48.3. The van der Waals surface area contributed by atoms with Gasteiger partial charge >= 0.3 is 0 Å². The van der Waals surface area contributed by atoms with E-state index in [0.29, 0.717) is 0 Å². The maximum Gasteiger partial charge on any atom is 0.136 e. The first-order chi connectivity index (χ1) is 67.6. The number of aryl methyl sites for hydroxylation is 6. The Kier molecular flexibility index (Phi) is 35.2. The third-order valence-electron chi connectivity index (χ3n) is 25.2. The van der Waals surface area contributed by atoms with Gasteiger partial charge in [-0.3, -0.25) is 0 Å². The zero-order valence-corrected chi connectivity index (χ0v) is 81.3. The molecule has 0 saturated carbocycles. The van der Waals surface area contributed by atoms with E-state index in [4.69, 9.17) is 13.3 Å². The molecule has 3 nitrogen and oxygen atoms in total. The van der Waals surface area contributed by atoms with E-state index < -0.39 is 0 Å². The van der Waals surface area contributed by atoms with Gasteiger partial charge in [-0.15, -0.1) is 0 Å². The fourth-order valence-corrected chi connectivity index (χ4v) is 18.6. The molecule has 0 unspecified atom stereocenters. The third-order valence-corrected chi connectivity index (χ3v) is 25.2. The number of hydrogen-bond acceptors (Lipinski definition) is 3. The standard InChI is InChI=1S/3C16H10O.3C16H14.3C10H8.4C2H6.2CH4/c3*1-2-6-12-11(5-1)9-10-15-16(12)13-7-3-4-8-14(13)17-15;3*1-11-13-7-3-5-9-15(13)12(2)16-10-6-4-8-14(11)16;3*1-2-6-10-8-4-3-7-9(10)5-1;4*1-2;;/h3*1-10H;3*3-10H,1-2H3;3*1-8H;4*1-2H3;2*1H4. The Balaban J connectivity index is 0.000000131. The molecular formula is C136H128O3. The van der Waals surface area contributed by atoms with Crippen LogP contribution in [0.3, 0.4) is 0 Å². The lowest BCUT2D eigenvalue weighted by molar-refractivity contribution is 0.669. The van der Waals surface area contributed by atoms with Crippen LogP contribution < -0.4 is 0 Å². The Labute approximate surface area is 820 Å². The summed E-state index contributed by atoms with van der Waals surface area (Å²) >= 11 is 0. The molecule has 24 aromatic carbocycles. The SMILES string of the molecule is C.C.CC.CC.CC.CC.Cc1c2ccccc2c(C)c2ccccc12.Cc1c2ccccc2c(C)c2ccccc12.Cc1c2ccccc2c(C)c2ccccc12.c1ccc2c(c1)ccc1oc3ccccc3c12.c1ccc2c(c1)ccc1oc3ccccc3c12.c1ccc2c(c1)ccc1oc3ccccc3c12.c1ccc2ccccc2c1.c1ccc2ccccc2c1.c1ccc2ccccc2c1. The topological polar surface area (TPSA) is 39.4 Å². The molecule has 0 aliphatic rings. The minimum atomic E-state index is 0. The second kappa shape index (κ2) is 48.8. The van der Waals surface area contributed by atoms with Crippen molar-refractivity contribution in [1.29, 1.82) is 0 Å². The molecule has 0 radical (unpaired) electrons. The number of hydrogen-bond donors (Lipinski definition) is 0. The number of para-hydroxylation sites is 3. The van der Waals surface area contributed by atoms with Gasteiger partial charge in [-0.25, -0.2) is 0 Å². The predicted molar refractivity (Wildman–Crippen MR) is 617 cm³/mol. The lowest BCUT2D eigenvalue weighted by Crippen LogP contribution is -1.87. The summed E-state index contributed by atoms with van der Waals surface area (Å²) in [4.78, 5) is 0. The van der Waals surface area contributed by atoms with Crippen molar-refractivity contribution in [2.24, 2.45) is 0 Å². The highest BCUT2D eigenvalue weighted by atomic mass is 16.3. The molecule has 0 fully saturated rings. The molecule has 0 aliphatic carbocycles. The fraction of sp³-hybridized carbons (Fsp3) is 0.118. The lowest BCUT2D eigenvalue weighted by atomic mass is 9.93. The predicted octanol–water partition coefficient (Wildman–Crippen LogP) is 41.9. The van der Waals surface area contributed by atoms with Crippen LogP contribution in [0.5, 0.6) is 0 Å². The zero-order valence-electron chi connectivity index (χ0n) is 81.3. The maximum atomic E-state index is 5.86. The molecule has 139 heavy (non-hydrogen) atoms. The minimum Gasteiger partial charge on any atom is -0.456 e. The molecule has 3 aromatic heterocycles. The van der Waals surface area contributed by atoms with E-state index >= 15 is 0 Å². The van der Waals surface area contributed by atoms with Crippen molar-refractivity contribution in [3.63, 3.8) is 0 Å². The van der Waals surface area contributed by atoms with E-state index in [1.807, 2.05) is 91.8 Å². The normalized spacial score (nSPS) is 10.4. The van der Waals surface area contributed by atoms with Gasteiger partial charge in [0.1, 0.15) is 33.5 Å². The Morgan fingerprint density at radius 3 is 0.374 bits per heavy atom. The largest absolute Gasteiger partial charge is 0.456 e. The van der Waals surface area contributed by atoms with Crippen LogP contribution in [0, 0.1) is 41.5 Å².